The van der Waals surface area contributed by atoms with E-state index >= 15 is 0 Å². The number of carbonyl (C=O) groups is 2. The molecule has 0 aliphatic carbocycles. The molecule has 1 N–H and O–H groups in total. The van der Waals surface area contributed by atoms with Crippen molar-refractivity contribution in [2.45, 2.75) is 30.8 Å². The molecule has 2 amide bonds. The molecule has 43 heavy (non-hydrogen) atoms. The minimum absolute atomic E-state index is 0.0520. The van der Waals surface area contributed by atoms with Gasteiger partial charge < -0.3 is 10.2 Å². The lowest BCUT2D eigenvalue weighted by Crippen LogP contribution is -2.53. The molecule has 0 spiro atoms. The molecule has 224 valence electrons. The first-order chi connectivity index (χ1) is 20.6. The number of anilines is 1. The third-order valence-electron chi connectivity index (χ3n) is 6.68. The molecule has 4 aromatic carbocycles. The molecule has 4 aromatic rings. The van der Waals surface area contributed by atoms with Crippen molar-refractivity contribution in [2.24, 2.45) is 0 Å². The van der Waals surface area contributed by atoms with Crippen LogP contribution in [0.15, 0.2) is 108 Å². The van der Waals surface area contributed by atoms with Gasteiger partial charge in [-0.2, -0.15) is 0 Å². The second-order valence-electron chi connectivity index (χ2n) is 9.67. The Labute approximate surface area is 260 Å². The SMILES string of the molecule is CCNC(=O)[C@H](Cc1ccccc1)N(Cc1ccc(Cl)c(Cl)c1)C(=O)CN(c1ccccc1)S(=O)(=O)c1ccc(F)cc1. The van der Waals surface area contributed by atoms with Gasteiger partial charge in [0.25, 0.3) is 10.0 Å². The number of sulfonamides is 1. The van der Waals surface area contributed by atoms with Crippen molar-refractivity contribution in [3.8, 4) is 0 Å². The number of hydrogen-bond acceptors (Lipinski definition) is 4. The van der Waals surface area contributed by atoms with Gasteiger partial charge in [0, 0.05) is 19.5 Å². The summed E-state index contributed by atoms with van der Waals surface area (Å²) in [6.07, 6.45) is 0.176. The smallest absolute Gasteiger partial charge is 0.264 e. The molecule has 0 aromatic heterocycles. The van der Waals surface area contributed by atoms with Crippen LogP contribution in [0.5, 0.6) is 0 Å². The Kier molecular flexibility index (Phi) is 10.8. The lowest BCUT2D eigenvalue weighted by molar-refractivity contribution is -0.140. The molecule has 7 nitrogen and oxygen atoms in total. The second kappa shape index (κ2) is 14.5. The number of carbonyl (C=O) groups excluding carboxylic acids is 2. The van der Waals surface area contributed by atoms with Crippen LogP contribution in [0.3, 0.4) is 0 Å². The lowest BCUT2D eigenvalue weighted by Gasteiger charge is -2.34. The first kappa shape index (κ1) is 32.0. The van der Waals surface area contributed by atoms with E-state index in [1.54, 1.807) is 55.5 Å². The van der Waals surface area contributed by atoms with Crippen molar-refractivity contribution in [1.29, 1.82) is 0 Å². The third kappa shape index (κ3) is 8.13. The lowest BCUT2D eigenvalue weighted by atomic mass is 10.0. The highest BCUT2D eigenvalue weighted by Gasteiger charge is 2.34. The van der Waals surface area contributed by atoms with Crippen LogP contribution in [0.25, 0.3) is 0 Å². The molecule has 4 rings (SSSR count). The molecular formula is C32H30Cl2FN3O4S. The van der Waals surface area contributed by atoms with E-state index in [0.29, 0.717) is 17.1 Å². The standard InChI is InChI=1S/C32H30Cl2FN3O4S/c1-2-36-32(40)30(20-23-9-5-3-6-10-23)37(21-24-13-18-28(33)29(34)19-24)31(39)22-38(26-11-7-4-8-12-26)43(41,42)27-16-14-25(35)15-17-27/h3-19,30H,2,20-22H2,1H3,(H,36,40)/t30-/m0/s1. The van der Waals surface area contributed by atoms with E-state index in [1.807, 2.05) is 30.3 Å². The zero-order chi connectivity index (χ0) is 31.0. The van der Waals surface area contributed by atoms with Crippen molar-refractivity contribution >= 4 is 50.7 Å². The minimum Gasteiger partial charge on any atom is -0.355 e. The maximum absolute atomic E-state index is 14.3. The number of amides is 2. The highest BCUT2D eigenvalue weighted by atomic mass is 35.5. The number of hydrogen-bond donors (Lipinski definition) is 1. The van der Waals surface area contributed by atoms with Gasteiger partial charge in [0.2, 0.25) is 11.8 Å². The number of nitrogens with zero attached hydrogens (tertiary/aromatic N) is 2. The molecule has 0 saturated carbocycles. The van der Waals surface area contributed by atoms with Crippen LogP contribution in [-0.2, 0) is 32.6 Å². The van der Waals surface area contributed by atoms with Gasteiger partial charge in [0.05, 0.1) is 20.6 Å². The number of likely N-dealkylation sites (N-methyl/N-ethyl adjacent to an activating group) is 1. The molecular weight excluding hydrogens is 612 g/mol. The fourth-order valence-corrected chi connectivity index (χ4v) is 6.27. The maximum atomic E-state index is 14.3. The minimum atomic E-state index is -4.32. The first-order valence-electron chi connectivity index (χ1n) is 13.5. The molecule has 1 atom stereocenters. The molecule has 0 unspecified atom stereocenters. The molecule has 0 aliphatic heterocycles. The highest BCUT2D eigenvalue weighted by Crippen LogP contribution is 2.27. The van der Waals surface area contributed by atoms with Crippen LogP contribution in [0.4, 0.5) is 10.1 Å². The Morgan fingerprint density at radius 1 is 0.837 bits per heavy atom. The number of para-hydroxylation sites is 1. The Bertz CT molecular complexity index is 1660. The summed E-state index contributed by atoms with van der Waals surface area (Å²) >= 11 is 12.4. The van der Waals surface area contributed by atoms with Gasteiger partial charge in [-0.1, -0.05) is 77.8 Å². The van der Waals surface area contributed by atoms with Gasteiger partial charge in [-0.25, -0.2) is 12.8 Å². The highest BCUT2D eigenvalue weighted by molar-refractivity contribution is 7.92. The van der Waals surface area contributed by atoms with Crippen LogP contribution in [0.2, 0.25) is 10.0 Å². The quantitative estimate of drug-likeness (QED) is 0.202. The zero-order valence-electron chi connectivity index (χ0n) is 23.3. The summed E-state index contributed by atoms with van der Waals surface area (Å²) in [5, 5.41) is 3.41. The van der Waals surface area contributed by atoms with E-state index in [-0.39, 0.29) is 28.6 Å². The Morgan fingerprint density at radius 3 is 2.07 bits per heavy atom. The van der Waals surface area contributed by atoms with Gasteiger partial charge >= 0.3 is 0 Å². The predicted molar refractivity (Wildman–Crippen MR) is 167 cm³/mol. The Hall–Kier alpha value is -3.92. The van der Waals surface area contributed by atoms with E-state index < -0.39 is 40.2 Å². The van der Waals surface area contributed by atoms with Crippen LogP contribution in [-0.4, -0.2) is 44.3 Å². The molecule has 0 saturated heterocycles. The van der Waals surface area contributed by atoms with Crippen molar-refractivity contribution in [3.63, 3.8) is 0 Å². The number of benzene rings is 4. The molecule has 0 heterocycles. The Balaban J connectivity index is 1.79. The van der Waals surface area contributed by atoms with Gasteiger partial charge in [-0.05, 0) is 66.6 Å². The summed E-state index contributed by atoms with van der Waals surface area (Å²) in [6, 6.07) is 25.6. The summed E-state index contributed by atoms with van der Waals surface area (Å²) < 4.78 is 42.3. The number of halogens is 3. The molecule has 0 fully saturated rings. The van der Waals surface area contributed by atoms with Crippen molar-refractivity contribution < 1.29 is 22.4 Å². The van der Waals surface area contributed by atoms with Crippen LogP contribution in [0, 0.1) is 5.82 Å². The number of nitrogens with one attached hydrogen (secondary N) is 1. The van der Waals surface area contributed by atoms with E-state index in [1.165, 1.54) is 4.90 Å². The molecule has 0 radical (unpaired) electrons. The van der Waals surface area contributed by atoms with E-state index in [4.69, 9.17) is 23.2 Å². The number of rotatable bonds is 12. The van der Waals surface area contributed by atoms with Gasteiger partial charge in [0.1, 0.15) is 18.4 Å². The Morgan fingerprint density at radius 2 is 1.47 bits per heavy atom. The van der Waals surface area contributed by atoms with E-state index in [9.17, 15) is 22.4 Å². The summed E-state index contributed by atoms with van der Waals surface area (Å²) in [5.41, 5.74) is 1.63. The molecule has 0 bridgehead atoms. The average molecular weight is 643 g/mol. The zero-order valence-corrected chi connectivity index (χ0v) is 25.6. The first-order valence-corrected chi connectivity index (χ1v) is 15.7. The van der Waals surface area contributed by atoms with Crippen molar-refractivity contribution in [1.82, 2.24) is 10.2 Å². The van der Waals surface area contributed by atoms with Crippen molar-refractivity contribution in [3.05, 3.63) is 130 Å². The third-order valence-corrected chi connectivity index (χ3v) is 9.21. The monoisotopic (exact) mass is 641 g/mol. The molecule has 11 heteroatoms. The topological polar surface area (TPSA) is 86.8 Å². The molecule has 0 aliphatic rings. The fourth-order valence-electron chi connectivity index (χ4n) is 4.54. The fraction of sp³-hybridized carbons (Fsp3) is 0.188. The van der Waals surface area contributed by atoms with Crippen LogP contribution in [0.1, 0.15) is 18.1 Å². The van der Waals surface area contributed by atoms with Crippen LogP contribution >= 0.6 is 23.2 Å². The van der Waals surface area contributed by atoms with Crippen LogP contribution < -0.4 is 9.62 Å². The summed E-state index contributed by atoms with van der Waals surface area (Å²) in [6.45, 7) is 1.42. The summed E-state index contributed by atoms with van der Waals surface area (Å²) in [5.74, 6) is -1.63. The summed E-state index contributed by atoms with van der Waals surface area (Å²) in [7, 11) is -4.32. The normalized spacial score (nSPS) is 11.9. The largest absolute Gasteiger partial charge is 0.355 e. The van der Waals surface area contributed by atoms with Crippen molar-refractivity contribution in [2.75, 3.05) is 17.4 Å². The predicted octanol–water partition coefficient (Wildman–Crippen LogP) is 6.10. The van der Waals surface area contributed by atoms with E-state index in [2.05, 4.69) is 5.32 Å². The summed E-state index contributed by atoms with van der Waals surface area (Å²) in [4.78, 5) is 28.9. The maximum Gasteiger partial charge on any atom is 0.264 e. The van der Waals surface area contributed by atoms with E-state index in [0.717, 1.165) is 34.1 Å². The average Bonchev–Trinajstić information content (AvgIpc) is 3.00. The van der Waals surface area contributed by atoms with Gasteiger partial charge in [-0.3, -0.25) is 13.9 Å². The van der Waals surface area contributed by atoms with Gasteiger partial charge in [-0.15, -0.1) is 0 Å². The van der Waals surface area contributed by atoms with Gasteiger partial charge in [0.15, 0.2) is 0 Å². The second-order valence-corrected chi connectivity index (χ2v) is 12.3.